The highest BCUT2D eigenvalue weighted by molar-refractivity contribution is 8.08. The number of rotatable bonds is 1. The summed E-state index contributed by atoms with van der Waals surface area (Å²) >= 11 is 1.89. The molecule has 2 rings (SSSR count). The van der Waals surface area contributed by atoms with Crippen LogP contribution in [0.3, 0.4) is 0 Å². The minimum atomic E-state index is 1.10. The van der Waals surface area contributed by atoms with Crippen molar-refractivity contribution in [2.24, 2.45) is 0 Å². The van der Waals surface area contributed by atoms with E-state index in [1.54, 1.807) is 0 Å². The van der Waals surface area contributed by atoms with E-state index in [-0.39, 0.29) is 0 Å². The van der Waals surface area contributed by atoms with Gasteiger partial charge < -0.3 is 0 Å². The number of allylic oxidation sites excluding steroid dienone is 2. The molecule has 0 nitrogen and oxygen atoms in total. The maximum Gasteiger partial charge on any atom is 0.0164 e. The van der Waals surface area contributed by atoms with Crippen molar-refractivity contribution in [3.63, 3.8) is 0 Å². The van der Waals surface area contributed by atoms with Crippen molar-refractivity contribution in [3.05, 3.63) is 54.1 Å². The molecular weight excluding hydrogens is 164 g/mol. The van der Waals surface area contributed by atoms with E-state index >= 15 is 0 Å². The molecular formula is C11H10S. The molecule has 0 bridgehead atoms. The minimum absolute atomic E-state index is 1.10. The number of benzene rings is 1. The molecule has 12 heavy (non-hydrogen) atoms. The summed E-state index contributed by atoms with van der Waals surface area (Å²) in [5.74, 6) is 1.10. The highest BCUT2D eigenvalue weighted by atomic mass is 32.2. The first-order valence-corrected chi connectivity index (χ1v) is 5.00. The van der Waals surface area contributed by atoms with Gasteiger partial charge in [0.05, 0.1) is 0 Å². The number of thioether (sulfide) groups is 1. The Kier molecular flexibility index (Phi) is 2.33. The zero-order chi connectivity index (χ0) is 8.23. The monoisotopic (exact) mass is 174 g/mol. The second-order valence-electron chi connectivity index (χ2n) is 2.64. The van der Waals surface area contributed by atoms with Crippen LogP contribution in [-0.2, 0) is 0 Å². The highest BCUT2D eigenvalue weighted by Crippen LogP contribution is 2.29. The zero-order valence-electron chi connectivity index (χ0n) is 6.73. The predicted octanol–water partition coefficient (Wildman–Crippen LogP) is 3.33. The lowest BCUT2D eigenvalue weighted by atomic mass is 10.2. The molecule has 0 spiro atoms. The molecule has 0 fully saturated rings. The van der Waals surface area contributed by atoms with Gasteiger partial charge in [0.1, 0.15) is 0 Å². The molecule has 0 amide bonds. The fraction of sp³-hybridized carbons (Fsp3) is 0.0909. The van der Waals surface area contributed by atoms with Gasteiger partial charge in [-0.2, -0.15) is 0 Å². The minimum Gasteiger partial charge on any atom is -0.121 e. The van der Waals surface area contributed by atoms with E-state index in [4.69, 9.17) is 0 Å². The Labute approximate surface area is 77.0 Å². The SMILES string of the molecule is C1=CCSC(c2ccccc2)=C1. The van der Waals surface area contributed by atoms with Gasteiger partial charge in [0.25, 0.3) is 0 Å². The first-order valence-electron chi connectivity index (χ1n) is 4.02. The lowest BCUT2D eigenvalue weighted by Gasteiger charge is -2.07. The molecule has 0 aromatic heterocycles. The topological polar surface area (TPSA) is 0 Å². The maximum absolute atomic E-state index is 2.18. The van der Waals surface area contributed by atoms with Gasteiger partial charge in [-0.3, -0.25) is 0 Å². The van der Waals surface area contributed by atoms with Gasteiger partial charge in [-0.25, -0.2) is 0 Å². The maximum atomic E-state index is 2.18. The molecule has 1 aliphatic rings. The van der Waals surface area contributed by atoms with Crippen LogP contribution in [0.2, 0.25) is 0 Å². The molecule has 1 heterocycles. The smallest absolute Gasteiger partial charge is 0.0164 e. The van der Waals surface area contributed by atoms with Gasteiger partial charge in [-0.1, -0.05) is 42.5 Å². The molecule has 60 valence electrons. The number of hydrogen-bond donors (Lipinski definition) is 0. The first-order chi connectivity index (χ1) is 5.97. The first kappa shape index (κ1) is 7.69. The van der Waals surface area contributed by atoms with Gasteiger partial charge in [0.15, 0.2) is 0 Å². The van der Waals surface area contributed by atoms with Crippen molar-refractivity contribution in [2.75, 3.05) is 5.75 Å². The predicted molar refractivity (Wildman–Crippen MR) is 56.0 cm³/mol. The summed E-state index contributed by atoms with van der Waals surface area (Å²) in [6, 6.07) is 10.5. The quantitative estimate of drug-likeness (QED) is 0.629. The lowest BCUT2D eigenvalue weighted by molar-refractivity contribution is 1.63. The Balaban J connectivity index is 2.31. The molecule has 0 saturated carbocycles. The van der Waals surface area contributed by atoms with Crippen molar-refractivity contribution in [2.45, 2.75) is 0 Å². The third-order valence-electron chi connectivity index (χ3n) is 1.78. The van der Waals surface area contributed by atoms with E-state index in [2.05, 4.69) is 42.5 Å². The second-order valence-corrected chi connectivity index (χ2v) is 3.70. The van der Waals surface area contributed by atoms with Crippen LogP contribution >= 0.6 is 11.8 Å². The standard InChI is InChI=1S/C11H10S/c1-2-6-10(7-3-1)11-8-4-5-9-12-11/h1-8H,9H2. The molecule has 0 unspecified atom stereocenters. The molecule has 0 atom stereocenters. The average Bonchev–Trinajstić information content (AvgIpc) is 2.21. The van der Waals surface area contributed by atoms with E-state index in [9.17, 15) is 0 Å². The Morgan fingerprint density at radius 3 is 2.58 bits per heavy atom. The van der Waals surface area contributed by atoms with Gasteiger partial charge in [0, 0.05) is 10.7 Å². The molecule has 1 aliphatic heterocycles. The summed E-state index contributed by atoms with van der Waals surface area (Å²) in [5, 5.41) is 0. The van der Waals surface area contributed by atoms with E-state index in [1.165, 1.54) is 10.5 Å². The van der Waals surface area contributed by atoms with Crippen molar-refractivity contribution < 1.29 is 0 Å². The van der Waals surface area contributed by atoms with Crippen molar-refractivity contribution in [1.29, 1.82) is 0 Å². The van der Waals surface area contributed by atoms with E-state index < -0.39 is 0 Å². The van der Waals surface area contributed by atoms with E-state index in [0.717, 1.165) is 5.75 Å². The fourth-order valence-electron chi connectivity index (χ4n) is 1.18. The zero-order valence-corrected chi connectivity index (χ0v) is 7.55. The van der Waals surface area contributed by atoms with Gasteiger partial charge >= 0.3 is 0 Å². The van der Waals surface area contributed by atoms with E-state index in [0.29, 0.717) is 0 Å². The third kappa shape index (κ3) is 1.62. The summed E-state index contributed by atoms with van der Waals surface area (Å²) in [7, 11) is 0. The molecule has 1 aromatic carbocycles. The summed E-state index contributed by atoms with van der Waals surface area (Å²) in [6.07, 6.45) is 6.47. The Bertz CT molecular complexity index is 309. The normalized spacial score (nSPS) is 15.8. The van der Waals surface area contributed by atoms with Crippen LogP contribution in [0.4, 0.5) is 0 Å². The summed E-state index contributed by atoms with van der Waals surface area (Å²) in [4.78, 5) is 1.37. The van der Waals surface area contributed by atoms with Crippen molar-refractivity contribution >= 4 is 16.7 Å². The fourth-order valence-corrected chi connectivity index (χ4v) is 2.04. The summed E-state index contributed by atoms with van der Waals surface area (Å²) < 4.78 is 0. The summed E-state index contributed by atoms with van der Waals surface area (Å²) in [5.41, 5.74) is 1.33. The Morgan fingerprint density at radius 1 is 1.08 bits per heavy atom. The van der Waals surface area contributed by atoms with Crippen LogP contribution in [0, 0.1) is 0 Å². The van der Waals surface area contributed by atoms with E-state index in [1.807, 2.05) is 17.8 Å². The highest BCUT2D eigenvalue weighted by Gasteiger charge is 2.01. The summed E-state index contributed by atoms with van der Waals surface area (Å²) in [6.45, 7) is 0. The third-order valence-corrected chi connectivity index (χ3v) is 2.82. The Hall–Kier alpha value is -0.950. The van der Waals surface area contributed by atoms with Crippen LogP contribution in [0.25, 0.3) is 4.91 Å². The molecule has 1 heteroatoms. The molecule has 0 aliphatic carbocycles. The number of hydrogen-bond acceptors (Lipinski definition) is 1. The molecule has 0 saturated heterocycles. The molecule has 1 aromatic rings. The Morgan fingerprint density at radius 2 is 1.92 bits per heavy atom. The van der Waals surface area contributed by atoms with Gasteiger partial charge in [0.2, 0.25) is 0 Å². The van der Waals surface area contributed by atoms with Crippen molar-refractivity contribution in [3.8, 4) is 0 Å². The van der Waals surface area contributed by atoms with Gasteiger partial charge in [-0.15, -0.1) is 11.8 Å². The van der Waals surface area contributed by atoms with Gasteiger partial charge in [-0.05, 0) is 11.6 Å². The van der Waals surface area contributed by atoms with Crippen LogP contribution in [0.15, 0.2) is 48.6 Å². The molecule has 0 N–H and O–H groups in total. The van der Waals surface area contributed by atoms with Crippen LogP contribution < -0.4 is 0 Å². The average molecular weight is 174 g/mol. The lowest BCUT2D eigenvalue weighted by Crippen LogP contribution is -1.83. The molecule has 0 radical (unpaired) electrons. The van der Waals surface area contributed by atoms with Crippen molar-refractivity contribution in [1.82, 2.24) is 0 Å². The van der Waals surface area contributed by atoms with Crippen LogP contribution in [0.1, 0.15) is 5.56 Å². The van der Waals surface area contributed by atoms with Crippen LogP contribution in [-0.4, -0.2) is 5.75 Å². The van der Waals surface area contributed by atoms with Crippen LogP contribution in [0.5, 0.6) is 0 Å². The largest absolute Gasteiger partial charge is 0.121 e. The second kappa shape index (κ2) is 3.63.